The molecule has 6 rings (SSSR count). The monoisotopic (exact) mass is 595 g/mol. The van der Waals surface area contributed by atoms with E-state index in [-0.39, 0.29) is 0 Å². The summed E-state index contributed by atoms with van der Waals surface area (Å²) in [5, 5.41) is 21.8. The largest absolute Gasteiger partial charge is 0.492 e. The summed E-state index contributed by atoms with van der Waals surface area (Å²) >= 11 is 0. The molecule has 1 aromatic carbocycles. The molecule has 0 bridgehead atoms. The molecule has 0 aliphatic carbocycles. The van der Waals surface area contributed by atoms with Gasteiger partial charge < -0.3 is 25.0 Å². The fourth-order valence-corrected chi connectivity index (χ4v) is 4.98. The lowest BCUT2D eigenvalue weighted by Gasteiger charge is -2.14. The van der Waals surface area contributed by atoms with Crippen LogP contribution >= 0.6 is 0 Å². The Morgan fingerprint density at radius 1 is 1.07 bits per heavy atom. The van der Waals surface area contributed by atoms with E-state index < -0.39 is 12.0 Å². The summed E-state index contributed by atoms with van der Waals surface area (Å²) in [4.78, 5) is 23.6. The number of imidazole rings is 1. The Labute approximate surface area is 253 Å². The number of benzene rings is 1. The van der Waals surface area contributed by atoms with E-state index in [0.29, 0.717) is 70.5 Å². The highest BCUT2D eigenvalue weighted by molar-refractivity contribution is 5.96. The summed E-state index contributed by atoms with van der Waals surface area (Å²) in [6.07, 6.45) is 8.73. The van der Waals surface area contributed by atoms with Crippen molar-refractivity contribution in [2.24, 2.45) is 0 Å². The van der Waals surface area contributed by atoms with E-state index in [1.54, 1.807) is 24.8 Å². The molecule has 0 amide bonds. The van der Waals surface area contributed by atoms with Gasteiger partial charge in [-0.3, -0.25) is 15.1 Å². The number of hydrogen-bond donors (Lipinski definition) is 4. The first-order valence-electron chi connectivity index (χ1n) is 14.6. The second-order valence-electron chi connectivity index (χ2n) is 10.9. The molecule has 0 spiro atoms. The number of aliphatic hydroxyl groups excluding tert-OH is 1. The molecule has 0 aliphatic rings. The summed E-state index contributed by atoms with van der Waals surface area (Å²) < 4.78 is 20.4. The predicted octanol–water partition coefficient (Wildman–Crippen LogP) is 5.63. The Balaban J connectivity index is 1.32. The first-order valence-corrected chi connectivity index (χ1v) is 14.6. The number of likely N-dealkylation sites (N-methyl/N-ethyl adjacent to an activating group) is 1. The third-order valence-corrected chi connectivity index (χ3v) is 7.24. The summed E-state index contributed by atoms with van der Waals surface area (Å²) in [5.41, 5.74) is 6.00. The lowest BCUT2D eigenvalue weighted by Crippen LogP contribution is -2.19. The van der Waals surface area contributed by atoms with Gasteiger partial charge in [-0.15, -0.1) is 0 Å². The average Bonchev–Trinajstić information content (AvgIpc) is 3.63. The zero-order valence-electron chi connectivity index (χ0n) is 24.8. The molecule has 1 atom stereocenters. The van der Waals surface area contributed by atoms with Crippen LogP contribution in [0.3, 0.4) is 0 Å². The molecule has 1 unspecified atom stereocenters. The molecule has 44 heavy (non-hydrogen) atoms. The molecule has 226 valence electrons. The fourth-order valence-electron chi connectivity index (χ4n) is 4.98. The van der Waals surface area contributed by atoms with Crippen molar-refractivity contribution in [3.05, 3.63) is 67.0 Å². The van der Waals surface area contributed by atoms with Crippen molar-refractivity contribution in [3.63, 3.8) is 0 Å². The minimum absolute atomic E-state index is 0.398. The van der Waals surface area contributed by atoms with Gasteiger partial charge in [0.2, 0.25) is 0 Å². The van der Waals surface area contributed by atoms with Gasteiger partial charge in [0, 0.05) is 41.5 Å². The van der Waals surface area contributed by atoms with Crippen molar-refractivity contribution in [1.29, 1.82) is 0 Å². The van der Waals surface area contributed by atoms with Gasteiger partial charge in [-0.1, -0.05) is 13.3 Å². The van der Waals surface area contributed by atoms with Crippen LogP contribution in [0.5, 0.6) is 5.75 Å². The number of rotatable bonds is 12. The molecule has 6 aromatic rings. The van der Waals surface area contributed by atoms with Gasteiger partial charge in [0.1, 0.15) is 35.6 Å². The summed E-state index contributed by atoms with van der Waals surface area (Å²) in [6.45, 7) is 3.24. The number of unbranched alkanes of at least 4 members (excludes halogenated alkanes) is 1. The van der Waals surface area contributed by atoms with Crippen LogP contribution < -0.4 is 10.1 Å². The fraction of sp³-hybridized carbons (Fsp3) is 0.281. The maximum atomic E-state index is 14.6. The standard InChI is InChI=1S/C32H34FN9O2/c1-4-5-6-28(43)37-22-12-20(16-34-17-22)26-15-25-27(18-36-26)40-41-30(25)32-38-29-24(7-8-35-31(29)39-32)19-11-21(33)14-23(13-19)44-10-9-42(2)3/h7-8,11-18,28,37,43H,4-6,9-10H2,1-3H3,(H,40,41)(H,35,38,39). The Morgan fingerprint density at radius 2 is 1.95 bits per heavy atom. The van der Waals surface area contributed by atoms with Crippen molar-refractivity contribution < 1.29 is 14.2 Å². The quantitative estimate of drug-likeness (QED) is 0.133. The smallest absolute Gasteiger partial charge is 0.160 e. The normalized spacial score (nSPS) is 12.3. The second kappa shape index (κ2) is 12.7. The molecule has 11 nitrogen and oxygen atoms in total. The highest BCUT2D eigenvalue weighted by Crippen LogP contribution is 2.33. The molecule has 0 saturated heterocycles. The topological polar surface area (TPSA) is 141 Å². The first-order chi connectivity index (χ1) is 21.4. The molecular weight excluding hydrogens is 561 g/mol. The van der Waals surface area contributed by atoms with Crippen LogP contribution in [0.25, 0.3) is 56.0 Å². The molecule has 5 heterocycles. The number of ether oxygens (including phenoxy) is 1. The summed E-state index contributed by atoms with van der Waals surface area (Å²) in [5.74, 6) is 0.561. The van der Waals surface area contributed by atoms with E-state index in [9.17, 15) is 9.50 Å². The van der Waals surface area contributed by atoms with Gasteiger partial charge in [0.25, 0.3) is 0 Å². The molecule has 0 fully saturated rings. The molecule has 0 radical (unpaired) electrons. The van der Waals surface area contributed by atoms with Gasteiger partial charge in [-0.25, -0.2) is 14.4 Å². The number of aliphatic hydroxyl groups is 1. The highest BCUT2D eigenvalue weighted by atomic mass is 19.1. The third-order valence-electron chi connectivity index (χ3n) is 7.24. The van der Waals surface area contributed by atoms with Crippen LogP contribution in [-0.4, -0.2) is 78.6 Å². The van der Waals surface area contributed by atoms with Crippen LogP contribution in [0.2, 0.25) is 0 Å². The number of H-pyrrole nitrogens is 2. The first kappa shape index (κ1) is 29.1. The van der Waals surface area contributed by atoms with Gasteiger partial charge in [-0.2, -0.15) is 5.10 Å². The maximum Gasteiger partial charge on any atom is 0.160 e. The van der Waals surface area contributed by atoms with Gasteiger partial charge >= 0.3 is 0 Å². The van der Waals surface area contributed by atoms with E-state index in [2.05, 4.69) is 42.4 Å². The third kappa shape index (κ3) is 6.36. The lowest BCUT2D eigenvalue weighted by atomic mass is 10.1. The Bertz CT molecular complexity index is 1900. The van der Waals surface area contributed by atoms with Crippen LogP contribution in [0.15, 0.2) is 61.2 Å². The Morgan fingerprint density at radius 3 is 2.80 bits per heavy atom. The number of nitrogens with one attached hydrogen (secondary N) is 3. The molecular formula is C32H34FN9O2. The van der Waals surface area contributed by atoms with Gasteiger partial charge in [0.15, 0.2) is 11.5 Å². The molecule has 5 aromatic heterocycles. The number of hydrogen-bond acceptors (Lipinski definition) is 9. The van der Waals surface area contributed by atoms with Crippen molar-refractivity contribution in [3.8, 4) is 39.7 Å². The van der Waals surface area contributed by atoms with E-state index in [0.717, 1.165) is 29.3 Å². The highest BCUT2D eigenvalue weighted by Gasteiger charge is 2.18. The van der Waals surface area contributed by atoms with Gasteiger partial charge in [0.05, 0.1) is 29.3 Å². The number of aromatic nitrogens is 7. The van der Waals surface area contributed by atoms with E-state index >= 15 is 0 Å². The number of fused-ring (bicyclic) bond motifs is 2. The number of halogens is 1. The summed E-state index contributed by atoms with van der Waals surface area (Å²) in [6, 6.07) is 10.3. The molecule has 4 N–H and O–H groups in total. The minimum atomic E-state index is -0.649. The van der Waals surface area contributed by atoms with Crippen molar-refractivity contribution in [1.82, 2.24) is 40.0 Å². The Kier molecular flexibility index (Phi) is 8.44. The SMILES string of the molecule is CCCCC(O)Nc1cncc(-c2cc3c(-c4nc5c(-c6cc(F)cc(OCCN(C)C)c6)ccnc5[nH]4)n[nH]c3cn2)c1. The second-order valence-corrected chi connectivity index (χ2v) is 10.9. The lowest BCUT2D eigenvalue weighted by molar-refractivity contribution is 0.190. The number of anilines is 1. The predicted molar refractivity (Wildman–Crippen MR) is 169 cm³/mol. The van der Waals surface area contributed by atoms with Crippen molar-refractivity contribution in [2.75, 3.05) is 32.6 Å². The molecule has 0 saturated carbocycles. The molecule has 0 aliphatic heterocycles. The zero-order chi connectivity index (χ0) is 30.6. The number of aromatic amines is 2. The minimum Gasteiger partial charge on any atom is -0.492 e. The van der Waals surface area contributed by atoms with Crippen LogP contribution in [0.4, 0.5) is 10.1 Å². The average molecular weight is 596 g/mol. The van der Waals surface area contributed by atoms with E-state index in [4.69, 9.17) is 9.72 Å². The zero-order valence-corrected chi connectivity index (χ0v) is 24.8. The van der Waals surface area contributed by atoms with Gasteiger partial charge in [-0.05, 0) is 62.8 Å². The summed E-state index contributed by atoms with van der Waals surface area (Å²) in [7, 11) is 3.91. The van der Waals surface area contributed by atoms with E-state index in [1.165, 1.54) is 12.1 Å². The molecule has 12 heteroatoms. The number of pyridine rings is 3. The van der Waals surface area contributed by atoms with Crippen LogP contribution in [0, 0.1) is 5.82 Å². The van der Waals surface area contributed by atoms with Crippen LogP contribution in [0.1, 0.15) is 26.2 Å². The number of nitrogens with zero attached hydrogens (tertiary/aromatic N) is 6. The maximum absolute atomic E-state index is 14.6. The van der Waals surface area contributed by atoms with Crippen molar-refractivity contribution in [2.45, 2.75) is 32.4 Å². The van der Waals surface area contributed by atoms with Crippen molar-refractivity contribution >= 4 is 27.8 Å². The van der Waals surface area contributed by atoms with E-state index in [1.807, 2.05) is 43.3 Å². The van der Waals surface area contributed by atoms with Crippen LogP contribution in [-0.2, 0) is 0 Å². The Hall–Kier alpha value is -4.94.